The molecule has 0 bridgehead atoms. The van der Waals surface area contributed by atoms with Gasteiger partial charge in [0.2, 0.25) is 0 Å². The zero-order valence-corrected chi connectivity index (χ0v) is 12.7. The Morgan fingerprint density at radius 1 is 0.611 bits per heavy atom. The van der Waals surface area contributed by atoms with E-state index in [1.807, 2.05) is 48.5 Å². The molecule has 0 atom stereocenters. The lowest BCUT2D eigenvalue weighted by atomic mass is 10.3. The number of hydrogen-bond donors (Lipinski definition) is 2. The molecular formula is C12H12N2S4. The Kier molecular flexibility index (Phi) is 5.49. The van der Waals surface area contributed by atoms with E-state index in [1.165, 1.54) is 0 Å². The van der Waals surface area contributed by atoms with Crippen LogP contribution in [0.1, 0.15) is 0 Å². The normalized spacial score (nSPS) is 10.4. The summed E-state index contributed by atoms with van der Waals surface area (Å²) in [5, 5.41) is 0. The summed E-state index contributed by atoms with van der Waals surface area (Å²) >= 11 is 0. The second-order valence-corrected chi connectivity index (χ2v) is 9.13. The first-order chi connectivity index (χ1) is 8.77. The van der Waals surface area contributed by atoms with Crippen LogP contribution >= 0.6 is 41.2 Å². The Morgan fingerprint density at radius 2 is 1.00 bits per heavy atom. The number of para-hydroxylation sites is 2. The minimum absolute atomic E-state index is 0.819. The fourth-order valence-electron chi connectivity index (χ4n) is 1.21. The van der Waals surface area contributed by atoms with Crippen molar-refractivity contribution in [2.45, 2.75) is 9.79 Å². The zero-order chi connectivity index (χ0) is 12.8. The van der Waals surface area contributed by atoms with Gasteiger partial charge in [0.15, 0.2) is 0 Å². The molecule has 0 unspecified atom stereocenters. The summed E-state index contributed by atoms with van der Waals surface area (Å²) in [6.07, 6.45) is 0. The summed E-state index contributed by atoms with van der Waals surface area (Å²) in [5.74, 6) is 0. The summed E-state index contributed by atoms with van der Waals surface area (Å²) in [5.41, 5.74) is 13.4. The van der Waals surface area contributed by atoms with Crippen LogP contribution in [0.25, 0.3) is 0 Å². The van der Waals surface area contributed by atoms with Crippen molar-refractivity contribution in [1.82, 2.24) is 0 Å². The molecule has 0 heterocycles. The first-order valence-corrected chi connectivity index (χ1v) is 9.96. The van der Waals surface area contributed by atoms with Gasteiger partial charge in [0.1, 0.15) is 0 Å². The van der Waals surface area contributed by atoms with E-state index in [4.69, 9.17) is 11.5 Å². The number of benzene rings is 2. The van der Waals surface area contributed by atoms with Gasteiger partial charge < -0.3 is 11.5 Å². The Balaban J connectivity index is 1.80. The molecule has 0 spiro atoms. The second-order valence-electron chi connectivity index (χ2n) is 3.38. The number of nitrogen functional groups attached to an aromatic ring is 2. The first-order valence-electron chi connectivity index (χ1n) is 5.14. The van der Waals surface area contributed by atoms with Crippen LogP contribution in [-0.2, 0) is 0 Å². The lowest BCUT2D eigenvalue weighted by Gasteiger charge is -2.04. The van der Waals surface area contributed by atoms with Crippen molar-refractivity contribution in [1.29, 1.82) is 0 Å². The molecule has 0 aliphatic rings. The monoisotopic (exact) mass is 312 g/mol. The predicted molar refractivity (Wildman–Crippen MR) is 88.6 cm³/mol. The summed E-state index contributed by atoms with van der Waals surface area (Å²) in [6, 6.07) is 15.7. The fraction of sp³-hybridized carbons (Fsp3) is 0. The van der Waals surface area contributed by atoms with E-state index >= 15 is 0 Å². The van der Waals surface area contributed by atoms with Crippen LogP contribution in [-0.4, -0.2) is 0 Å². The number of nitrogens with two attached hydrogens (primary N) is 2. The molecule has 2 nitrogen and oxygen atoms in total. The van der Waals surface area contributed by atoms with Crippen molar-refractivity contribution in [3.63, 3.8) is 0 Å². The van der Waals surface area contributed by atoms with Gasteiger partial charge in [-0.15, -0.1) is 0 Å². The first kappa shape index (κ1) is 13.9. The van der Waals surface area contributed by atoms with Crippen molar-refractivity contribution in [3.05, 3.63) is 48.5 Å². The lowest BCUT2D eigenvalue weighted by Crippen LogP contribution is -1.85. The highest BCUT2D eigenvalue weighted by Crippen LogP contribution is 2.51. The predicted octanol–water partition coefficient (Wildman–Crippen LogP) is 4.95. The minimum Gasteiger partial charge on any atom is -0.398 e. The average molecular weight is 313 g/mol. The molecule has 0 aromatic heterocycles. The van der Waals surface area contributed by atoms with Crippen molar-refractivity contribution in [2.75, 3.05) is 11.5 Å². The average Bonchev–Trinajstić information content (AvgIpc) is 2.38. The van der Waals surface area contributed by atoms with E-state index in [-0.39, 0.29) is 0 Å². The second kappa shape index (κ2) is 7.13. The minimum atomic E-state index is 0.819. The third-order valence-corrected chi connectivity index (χ3v) is 8.28. The number of rotatable bonds is 5. The topological polar surface area (TPSA) is 52.0 Å². The van der Waals surface area contributed by atoms with E-state index in [2.05, 4.69) is 0 Å². The Morgan fingerprint density at radius 3 is 1.39 bits per heavy atom. The van der Waals surface area contributed by atoms with Gasteiger partial charge in [-0.25, -0.2) is 0 Å². The molecule has 0 aliphatic heterocycles. The largest absolute Gasteiger partial charge is 0.398 e. The zero-order valence-electron chi connectivity index (χ0n) is 9.41. The Bertz CT molecular complexity index is 471. The smallest absolute Gasteiger partial charge is 0.0461 e. The Hall–Kier alpha value is -0.560. The van der Waals surface area contributed by atoms with Crippen LogP contribution in [0.15, 0.2) is 58.3 Å². The molecule has 2 aromatic carbocycles. The van der Waals surface area contributed by atoms with Crippen LogP contribution in [0.2, 0.25) is 0 Å². The maximum absolute atomic E-state index is 5.87. The molecule has 0 fully saturated rings. The van der Waals surface area contributed by atoms with Crippen molar-refractivity contribution >= 4 is 52.6 Å². The highest BCUT2D eigenvalue weighted by molar-refractivity contribution is 9.26. The molecule has 2 rings (SSSR count). The quantitative estimate of drug-likeness (QED) is 0.463. The van der Waals surface area contributed by atoms with Gasteiger partial charge in [-0.2, -0.15) is 0 Å². The van der Waals surface area contributed by atoms with Gasteiger partial charge >= 0.3 is 0 Å². The molecule has 18 heavy (non-hydrogen) atoms. The van der Waals surface area contributed by atoms with Crippen LogP contribution in [0.5, 0.6) is 0 Å². The van der Waals surface area contributed by atoms with Gasteiger partial charge in [-0.05, 0) is 65.5 Å². The molecule has 6 heteroatoms. The lowest BCUT2D eigenvalue weighted by molar-refractivity contribution is 1.47. The Labute approximate surface area is 122 Å². The summed E-state index contributed by atoms with van der Waals surface area (Å²) in [4.78, 5) is 2.19. The summed E-state index contributed by atoms with van der Waals surface area (Å²) < 4.78 is 0. The molecular weight excluding hydrogens is 300 g/mol. The van der Waals surface area contributed by atoms with Gasteiger partial charge in [-0.1, -0.05) is 24.3 Å². The van der Waals surface area contributed by atoms with E-state index in [9.17, 15) is 0 Å². The van der Waals surface area contributed by atoms with E-state index in [0.29, 0.717) is 0 Å². The standard InChI is InChI=1S/C12H12N2S4/c13-9-5-1-3-7-11(9)15-17-18-16-12-8-4-2-6-10(12)14/h1-8H,13-14H2. The highest BCUT2D eigenvalue weighted by atomic mass is 33.7. The van der Waals surface area contributed by atoms with Gasteiger partial charge in [0.05, 0.1) is 0 Å². The third kappa shape index (κ3) is 3.98. The van der Waals surface area contributed by atoms with Crippen molar-refractivity contribution in [2.24, 2.45) is 0 Å². The fourth-order valence-corrected chi connectivity index (χ4v) is 6.85. The van der Waals surface area contributed by atoms with Crippen molar-refractivity contribution in [3.8, 4) is 0 Å². The molecule has 0 aliphatic carbocycles. The SMILES string of the molecule is Nc1ccccc1SSSSc1ccccc1N. The van der Waals surface area contributed by atoms with Crippen LogP contribution in [0.4, 0.5) is 11.4 Å². The van der Waals surface area contributed by atoms with E-state index in [1.54, 1.807) is 41.2 Å². The molecule has 0 saturated heterocycles. The van der Waals surface area contributed by atoms with Crippen molar-refractivity contribution < 1.29 is 0 Å². The maximum atomic E-state index is 5.87. The molecule has 0 radical (unpaired) electrons. The highest BCUT2D eigenvalue weighted by Gasteiger charge is 2.02. The maximum Gasteiger partial charge on any atom is 0.0461 e. The van der Waals surface area contributed by atoms with E-state index < -0.39 is 0 Å². The molecule has 94 valence electrons. The number of anilines is 2. The third-order valence-electron chi connectivity index (χ3n) is 2.11. The van der Waals surface area contributed by atoms with Crippen LogP contribution < -0.4 is 11.5 Å². The summed E-state index contributed by atoms with van der Waals surface area (Å²) in [6.45, 7) is 0. The van der Waals surface area contributed by atoms with Gasteiger partial charge in [0.25, 0.3) is 0 Å². The summed E-state index contributed by atoms with van der Waals surface area (Å²) in [7, 11) is 6.70. The van der Waals surface area contributed by atoms with Crippen LogP contribution in [0.3, 0.4) is 0 Å². The molecule has 0 amide bonds. The molecule has 4 N–H and O–H groups in total. The van der Waals surface area contributed by atoms with Gasteiger partial charge in [0, 0.05) is 21.2 Å². The van der Waals surface area contributed by atoms with Crippen LogP contribution in [0, 0.1) is 0 Å². The van der Waals surface area contributed by atoms with E-state index in [0.717, 1.165) is 21.2 Å². The molecule has 2 aromatic rings. The van der Waals surface area contributed by atoms with Gasteiger partial charge in [-0.3, -0.25) is 0 Å². The number of hydrogen-bond acceptors (Lipinski definition) is 6. The molecule has 0 saturated carbocycles.